The molecular weight excluding hydrogens is 330 g/mol. The Hall–Kier alpha value is -1.95. The van der Waals surface area contributed by atoms with Gasteiger partial charge in [-0.1, -0.05) is 0 Å². The van der Waals surface area contributed by atoms with Gasteiger partial charge in [-0.2, -0.15) is 0 Å². The average Bonchev–Trinajstić information content (AvgIpc) is 3.11. The number of rotatable bonds is 0. The van der Waals surface area contributed by atoms with Crippen LogP contribution in [0.2, 0.25) is 0 Å². The SMILES string of the molecule is CN(C)C(=O)N1CCCC2CN3CCc4cc5c(cc4C3CC21)OCO5. The van der Waals surface area contributed by atoms with E-state index in [1.54, 1.807) is 4.90 Å². The van der Waals surface area contributed by atoms with Crippen LogP contribution >= 0.6 is 0 Å². The molecule has 140 valence electrons. The molecule has 4 aliphatic heterocycles. The first-order chi connectivity index (χ1) is 12.6. The topological polar surface area (TPSA) is 45.3 Å². The molecule has 5 rings (SSSR count). The van der Waals surface area contributed by atoms with Crippen LogP contribution in [0.5, 0.6) is 11.5 Å². The lowest BCUT2D eigenvalue weighted by atomic mass is 9.76. The molecule has 1 aromatic rings. The summed E-state index contributed by atoms with van der Waals surface area (Å²) in [5.41, 5.74) is 2.76. The Morgan fingerprint density at radius 1 is 1.19 bits per heavy atom. The first-order valence-corrected chi connectivity index (χ1v) is 9.76. The van der Waals surface area contributed by atoms with Crippen LogP contribution < -0.4 is 9.47 Å². The summed E-state index contributed by atoms with van der Waals surface area (Å²) >= 11 is 0. The number of nitrogens with zero attached hydrogens (tertiary/aromatic N) is 3. The molecular formula is C20H27N3O3. The third-order valence-corrected chi connectivity index (χ3v) is 6.58. The van der Waals surface area contributed by atoms with E-state index in [1.807, 2.05) is 14.1 Å². The van der Waals surface area contributed by atoms with E-state index in [0.717, 1.165) is 50.4 Å². The van der Waals surface area contributed by atoms with E-state index < -0.39 is 0 Å². The van der Waals surface area contributed by atoms with Crippen LogP contribution in [0.1, 0.15) is 36.4 Å². The Morgan fingerprint density at radius 2 is 2.00 bits per heavy atom. The monoisotopic (exact) mass is 357 g/mol. The predicted molar refractivity (Wildman–Crippen MR) is 97.5 cm³/mol. The van der Waals surface area contributed by atoms with Gasteiger partial charge < -0.3 is 19.3 Å². The second-order valence-corrected chi connectivity index (χ2v) is 8.24. The fourth-order valence-electron chi connectivity index (χ4n) is 5.33. The molecule has 6 nitrogen and oxygen atoms in total. The Labute approximate surface area is 154 Å². The highest BCUT2D eigenvalue weighted by Crippen LogP contribution is 2.46. The first kappa shape index (κ1) is 16.2. The molecule has 0 saturated carbocycles. The van der Waals surface area contributed by atoms with E-state index in [1.165, 1.54) is 17.5 Å². The van der Waals surface area contributed by atoms with Crippen LogP contribution in [0.3, 0.4) is 0 Å². The van der Waals surface area contributed by atoms with Gasteiger partial charge in [0.1, 0.15) is 0 Å². The number of amides is 2. The van der Waals surface area contributed by atoms with Gasteiger partial charge in [0.2, 0.25) is 6.79 Å². The number of fused-ring (bicyclic) bond motifs is 5. The van der Waals surface area contributed by atoms with E-state index in [4.69, 9.17) is 9.47 Å². The first-order valence-electron chi connectivity index (χ1n) is 9.76. The van der Waals surface area contributed by atoms with Crippen molar-refractivity contribution in [3.63, 3.8) is 0 Å². The van der Waals surface area contributed by atoms with Crippen LogP contribution in [0.4, 0.5) is 4.79 Å². The molecule has 0 radical (unpaired) electrons. The van der Waals surface area contributed by atoms with Crippen molar-refractivity contribution in [1.82, 2.24) is 14.7 Å². The Balaban J connectivity index is 1.47. The fraction of sp³-hybridized carbons (Fsp3) is 0.650. The van der Waals surface area contributed by atoms with Gasteiger partial charge in [-0.15, -0.1) is 0 Å². The number of hydrogen-bond acceptors (Lipinski definition) is 4. The molecule has 4 heterocycles. The van der Waals surface area contributed by atoms with Gasteiger partial charge in [-0.25, -0.2) is 4.79 Å². The lowest BCUT2D eigenvalue weighted by molar-refractivity contribution is 0.00106. The number of urea groups is 1. The van der Waals surface area contributed by atoms with Gasteiger partial charge in [0.25, 0.3) is 0 Å². The van der Waals surface area contributed by atoms with Gasteiger partial charge in [-0.05, 0) is 54.9 Å². The van der Waals surface area contributed by atoms with Crippen LogP contribution in [0.15, 0.2) is 12.1 Å². The Kier molecular flexibility index (Phi) is 3.78. The van der Waals surface area contributed by atoms with E-state index in [9.17, 15) is 4.79 Å². The van der Waals surface area contributed by atoms with E-state index in [0.29, 0.717) is 24.8 Å². The normalized spacial score (nSPS) is 29.6. The van der Waals surface area contributed by atoms with Crippen molar-refractivity contribution < 1.29 is 14.3 Å². The summed E-state index contributed by atoms with van der Waals surface area (Å²) < 4.78 is 11.2. The lowest BCUT2D eigenvalue weighted by Gasteiger charge is -2.52. The molecule has 3 unspecified atom stereocenters. The van der Waals surface area contributed by atoms with Crippen molar-refractivity contribution in [2.24, 2.45) is 5.92 Å². The number of carbonyl (C=O) groups is 1. The van der Waals surface area contributed by atoms with Crippen molar-refractivity contribution >= 4 is 6.03 Å². The van der Waals surface area contributed by atoms with Crippen molar-refractivity contribution in [3.8, 4) is 11.5 Å². The quantitative estimate of drug-likeness (QED) is 0.716. The molecule has 0 aliphatic carbocycles. The van der Waals surface area contributed by atoms with Gasteiger partial charge in [0, 0.05) is 45.8 Å². The van der Waals surface area contributed by atoms with E-state index in [-0.39, 0.29) is 6.03 Å². The second-order valence-electron chi connectivity index (χ2n) is 8.24. The highest BCUT2D eigenvalue weighted by Gasteiger charge is 2.44. The average molecular weight is 357 g/mol. The minimum absolute atomic E-state index is 0.162. The maximum Gasteiger partial charge on any atom is 0.319 e. The largest absolute Gasteiger partial charge is 0.454 e. The van der Waals surface area contributed by atoms with Crippen molar-refractivity contribution in [1.29, 1.82) is 0 Å². The van der Waals surface area contributed by atoms with Gasteiger partial charge in [0.05, 0.1) is 0 Å². The molecule has 1 aromatic carbocycles. The third-order valence-electron chi connectivity index (χ3n) is 6.58. The summed E-state index contributed by atoms with van der Waals surface area (Å²) in [6.45, 7) is 3.41. The molecule has 4 aliphatic rings. The van der Waals surface area contributed by atoms with Gasteiger partial charge >= 0.3 is 6.03 Å². The minimum Gasteiger partial charge on any atom is -0.454 e. The smallest absolute Gasteiger partial charge is 0.319 e. The molecule has 3 atom stereocenters. The van der Waals surface area contributed by atoms with Crippen LogP contribution in [-0.2, 0) is 6.42 Å². The maximum atomic E-state index is 12.7. The summed E-state index contributed by atoms with van der Waals surface area (Å²) in [6, 6.07) is 5.25. The summed E-state index contributed by atoms with van der Waals surface area (Å²) in [4.78, 5) is 19.2. The van der Waals surface area contributed by atoms with Crippen LogP contribution in [0, 0.1) is 5.92 Å². The summed E-state index contributed by atoms with van der Waals surface area (Å²) in [5.74, 6) is 2.35. The zero-order valence-corrected chi connectivity index (χ0v) is 15.6. The molecule has 2 fully saturated rings. The Morgan fingerprint density at radius 3 is 2.81 bits per heavy atom. The summed E-state index contributed by atoms with van der Waals surface area (Å²) in [5, 5.41) is 0. The number of benzene rings is 1. The Bertz CT molecular complexity index is 735. The van der Waals surface area contributed by atoms with Crippen molar-refractivity contribution in [2.75, 3.05) is 40.5 Å². The molecule has 2 saturated heterocycles. The number of hydrogen-bond donors (Lipinski definition) is 0. The van der Waals surface area contributed by atoms with Gasteiger partial charge in [0.15, 0.2) is 11.5 Å². The number of likely N-dealkylation sites (tertiary alicyclic amines) is 1. The zero-order valence-electron chi connectivity index (χ0n) is 15.6. The minimum atomic E-state index is 0.162. The van der Waals surface area contributed by atoms with Gasteiger partial charge in [-0.3, -0.25) is 4.90 Å². The van der Waals surface area contributed by atoms with E-state index >= 15 is 0 Å². The molecule has 26 heavy (non-hydrogen) atoms. The second kappa shape index (κ2) is 6.05. The van der Waals surface area contributed by atoms with Crippen LogP contribution in [0.25, 0.3) is 0 Å². The van der Waals surface area contributed by atoms with Crippen LogP contribution in [-0.4, -0.2) is 67.3 Å². The number of carbonyl (C=O) groups excluding carboxylic acids is 1. The maximum absolute atomic E-state index is 12.7. The number of piperidine rings is 2. The molecule has 0 N–H and O–H groups in total. The summed E-state index contributed by atoms with van der Waals surface area (Å²) in [7, 11) is 3.72. The summed E-state index contributed by atoms with van der Waals surface area (Å²) in [6.07, 6.45) is 4.45. The van der Waals surface area contributed by atoms with Crippen molar-refractivity contribution in [3.05, 3.63) is 23.3 Å². The van der Waals surface area contributed by atoms with E-state index in [2.05, 4.69) is 21.9 Å². The molecule has 6 heteroatoms. The molecule has 0 aromatic heterocycles. The van der Waals surface area contributed by atoms with Crippen molar-refractivity contribution in [2.45, 2.75) is 37.8 Å². The molecule has 0 spiro atoms. The third kappa shape index (κ3) is 2.46. The number of ether oxygens (including phenoxy) is 2. The standard InChI is InChI=1S/C20H27N3O3/c1-21(2)20(24)23-6-3-4-14-11-22-7-5-13-8-18-19(26-12-25-18)9-15(13)17(22)10-16(14)23/h8-9,14,16-17H,3-7,10-12H2,1-2H3. The fourth-order valence-corrected chi connectivity index (χ4v) is 5.33. The highest BCUT2D eigenvalue weighted by atomic mass is 16.7. The lowest BCUT2D eigenvalue weighted by Crippen LogP contribution is -2.59. The highest BCUT2D eigenvalue weighted by molar-refractivity contribution is 5.74. The predicted octanol–water partition coefficient (Wildman–Crippen LogP) is 2.48. The molecule has 2 amide bonds. The zero-order chi connectivity index (χ0) is 17.8. The molecule has 0 bridgehead atoms.